The Hall–Kier alpha value is -0.390. The van der Waals surface area contributed by atoms with Gasteiger partial charge in [0.15, 0.2) is 0 Å². The quantitative estimate of drug-likeness (QED) is 0.798. The van der Waals surface area contributed by atoms with Crippen molar-refractivity contribution < 1.29 is 8.42 Å². The van der Waals surface area contributed by atoms with Crippen LogP contribution in [0.1, 0.15) is 18.4 Å². The van der Waals surface area contributed by atoms with E-state index < -0.39 is 10.0 Å². The molecule has 1 aromatic carbocycles. The summed E-state index contributed by atoms with van der Waals surface area (Å²) in [6.45, 7) is 3.22. The molecule has 1 atom stereocenters. The maximum absolute atomic E-state index is 12.5. The van der Waals surface area contributed by atoms with Crippen LogP contribution in [0.2, 0.25) is 0 Å². The van der Waals surface area contributed by atoms with Crippen molar-refractivity contribution in [1.29, 1.82) is 0 Å². The molecular formula is C13H18BrNO2S. The van der Waals surface area contributed by atoms with Gasteiger partial charge in [-0.2, -0.15) is 4.31 Å². The number of hydrogen-bond acceptors (Lipinski definition) is 2. The van der Waals surface area contributed by atoms with Gasteiger partial charge in [-0.1, -0.05) is 33.6 Å². The van der Waals surface area contributed by atoms with E-state index in [9.17, 15) is 8.42 Å². The second-order valence-corrected chi connectivity index (χ2v) is 7.42. The summed E-state index contributed by atoms with van der Waals surface area (Å²) in [6, 6.07) is 7.09. The Morgan fingerprint density at radius 2 is 2.00 bits per heavy atom. The van der Waals surface area contributed by atoms with E-state index in [0.717, 1.165) is 23.7 Å². The molecule has 0 aliphatic carbocycles. The molecule has 1 saturated heterocycles. The summed E-state index contributed by atoms with van der Waals surface area (Å²) >= 11 is 3.45. The monoisotopic (exact) mass is 331 g/mol. The molecule has 0 N–H and O–H groups in total. The Morgan fingerprint density at radius 1 is 1.33 bits per heavy atom. The van der Waals surface area contributed by atoms with Gasteiger partial charge in [0.1, 0.15) is 0 Å². The van der Waals surface area contributed by atoms with E-state index in [1.807, 2.05) is 19.1 Å². The zero-order chi connectivity index (χ0) is 13.2. The Kier molecular flexibility index (Phi) is 4.45. The number of nitrogens with zero attached hydrogens (tertiary/aromatic N) is 1. The number of rotatable bonds is 3. The second-order valence-electron chi connectivity index (χ2n) is 4.84. The van der Waals surface area contributed by atoms with Crippen molar-refractivity contribution in [2.45, 2.75) is 24.7 Å². The molecule has 0 radical (unpaired) electrons. The van der Waals surface area contributed by atoms with Crippen LogP contribution in [0.3, 0.4) is 0 Å². The van der Waals surface area contributed by atoms with Crippen LogP contribution in [-0.4, -0.2) is 31.1 Å². The highest BCUT2D eigenvalue weighted by molar-refractivity contribution is 9.09. The summed E-state index contributed by atoms with van der Waals surface area (Å²) in [7, 11) is -3.31. The number of aryl methyl sites for hydroxylation is 1. The lowest BCUT2D eigenvalue weighted by Crippen LogP contribution is -2.40. The summed E-state index contributed by atoms with van der Waals surface area (Å²) in [5.41, 5.74) is 1.07. The smallest absolute Gasteiger partial charge is 0.207 e. The number of halogens is 1. The average molecular weight is 332 g/mol. The third-order valence-corrected chi connectivity index (χ3v) is 6.15. The molecule has 0 saturated carbocycles. The number of hydrogen-bond donors (Lipinski definition) is 0. The fourth-order valence-corrected chi connectivity index (χ4v) is 4.31. The van der Waals surface area contributed by atoms with Crippen molar-refractivity contribution in [3.63, 3.8) is 0 Å². The average Bonchev–Trinajstić information content (AvgIpc) is 2.39. The first-order valence-electron chi connectivity index (χ1n) is 6.17. The maximum atomic E-state index is 12.5. The molecule has 100 valence electrons. The van der Waals surface area contributed by atoms with Crippen molar-refractivity contribution >= 4 is 26.0 Å². The van der Waals surface area contributed by atoms with E-state index >= 15 is 0 Å². The lowest BCUT2D eigenvalue weighted by atomic mass is 10.0. The first-order chi connectivity index (χ1) is 8.54. The molecule has 1 unspecified atom stereocenters. The van der Waals surface area contributed by atoms with E-state index in [0.29, 0.717) is 23.9 Å². The fourth-order valence-electron chi connectivity index (χ4n) is 2.23. The second kappa shape index (κ2) is 5.72. The van der Waals surface area contributed by atoms with Crippen LogP contribution in [0.5, 0.6) is 0 Å². The van der Waals surface area contributed by atoms with Crippen LogP contribution >= 0.6 is 15.9 Å². The van der Waals surface area contributed by atoms with Gasteiger partial charge in [-0.25, -0.2) is 8.42 Å². The molecule has 5 heteroatoms. The van der Waals surface area contributed by atoms with Gasteiger partial charge in [0.05, 0.1) is 4.90 Å². The Morgan fingerprint density at radius 3 is 2.61 bits per heavy atom. The minimum atomic E-state index is -3.31. The first kappa shape index (κ1) is 14.0. The molecule has 1 aliphatic heterocycles. The summed E-state index contributed by atoms with van der Waals surface area (Å²) in [4.78, 5) is 0.406. The van der Waals surface area contributed by atoms with Gasteiger partial charge in [-0.15, -0.1) is 0 Å². The number of alkyl halides is 1. The molecule has 0 aromatic heterocycles. The lowest BCUT2D eigenvalue weighted by molar-refractivity contribution is 0.285. The number of benzene rings is 1. The van der Waals surface area contributed by atoms with Gasteiger partial charge in [0.25, 0.3) is 0 Å². The first-order valence-corrected chi connectivity index (χ1v) is 8.73. The minimum absolute atomic E-state index is 0.406. The van der Waals surface area contributed by atoms with Crippen molar-refractivity contribution in [3.8, 4) is 0 Å². The molecule has 0 amide bonds. The molecule has 1 aromatic rings. The third kappa shape index (κ3) is 2.95. The van der Waals surface area contributed by atoms with Crippen LogP contribution in [-0.2, 0) is 10.0 Å². The molecule has 1 heterocycles. The highest BCUT2D eigenvalue weighted by Crippen LogP contribution is 2.24. The van der Waals surface area contributed by atoms with Gasteiger partial charge in [0.2, 0.25) is 10.0 Å². The highest BCUT2D eigenvalue weighted by atomic mass is 79.9. The van der Waals surface area contributed by atoms with E-state index in [2.05, 4.69) is 15.9 Å². The zero-order valence-electron chi connectivity index (χ0n) is 10.5. The standard InChI is InChI=1S/C13H18BrNO2S/c1-11-4-6-13(7-5-11)18(16,17)15-8-2-3-12(9-14)10-15/h4-7,12H,2-3,8-10H2,1H3. The van der Waals surface area contributed by atoms with Crippen molar-refractivity contribution in [2.24, 2.45) is 5.92 Å². The predicted molar refractivity (Wildman–Crippen MR) is 76.5 cm³/mol. The van der Waals surface area contributed by atoms with Crippen LogP contribution in [0.15, 0.2) is 29.2 Å². The van der Waals surface area contributed by atoms with Gasteiger partial charge in [0, 0.05) is 18.4 Å². The minimum Gasteiger partial charge on any atom is -0.207 e. The van der Waals surface area contributed by atoms with E-state index in [1.54, 1.807) is 16.4 Å². The summed E-state index contributed by atoms with van der Waals surface area (Å²) in [6.07, 6.45) is 2.05. The van der Waals surface area contributed by atoms with Crippen LogP contribution in [0, 0.1) is 12.8 Å². The molecule has 1 aliphatic rings. The van der Waals surface area contributed by atoms with Gasteiger partial charge >= 0.3 is 0 Å². The van der Waals surface area contributed by atoms with Gasteiger partial charge in [-0.05, 0) is 37.8 Å². The van der Waals surface area contributed by atoms with Crippen molar-refractivity contribution in [3.05, 3.63) is 29.8 Å². The van der Waals surface area contributed by atoms with Crippen LogP contribution in [0.25, 0.3) is 0 Å². The van der Waals surface area contributed by atoms with Gasteiger partial charge in [-0.3, -0.25) is 0 Å². The molecule has 18 heavy (non-hydrogen) atoms. The topological polar surface area (TPSA) is 37.4 Å². The number of piperidine rings is 1. The van der Waals surface area contributed by atoms with E-state index in [-0.39, 0.29) is 0 Å². The maximum Gasteiger partial charge on any atom is 0.243 e. The summed E-state index contributed by atoms with van der Waals surface area (Å²) in [5, 5.41) is 0.868. The molecular weight excluding hydrogens is 314 g/mol. The zero-order valence-corrected chi connectivity index (χ0v) is 12.9. The molecule has 0 spiro atoms. The molecule has 1 fully saturated rings. The Balaban J connectivity index is 2.22. The summed E-state index contributed by atoms with van der Waals surface area (Å²) in [5.74, 6) is 0.430. The van der Waals surface area contributed by atoms with Crippen molar-refractivity contribution in [2.75, 3.05) is 18.4 Å². The van der Waals surface area contributed by atoms with E-state index in [1.165, 1.54) is 0 Å². The lowest BCUT2D eigenvalue weighted by Gasteiger charge is -2.31. The van der Waals surface area contributed by atoms with E-state index in [4.69, 9.17) is 0 Å². The largest absolute Gasteiger partial charge is 0.243 e. The Bertz CT molecular complexity index is 498. The summed E-state index contributed by atoms with van der Waals surface area (Å²) < 4.78 is 26.6. The van der Waals surface area contributed by atoms with Crippen molar-refractivity contribution in [1.82, 2.24) is 4.31 Å². The molecule has 0 bridgehead atoms. The van der Waals surface area contributed by atoms with Gasteiger partial charge < -0.3 is 0 Å². The SMILES string of the molecule is Cc1ccc(S(=O)(=O)N2CCCC(CBr)C2)cc1. The van der Waals surface area contributed by atoms with Crippen LogP contribution < -0.4 is 0 Å². The normalized spacial score (nSPS) is 22.0. The Labute approximate surface area is 117 Å². The third-order valence-electron chi connectivity index (χ3n) is 3.36. The fraction of sp³-hybridized carbons (Fsp3) is 0.538. The van der Waals surface area contributed by atoms with Crippen LogP contribution in [0.4, 0.5) is 0 Å². The predicted octanol–water partition coefficient (Wildman–Crippen LogP) is 2.79. The highest BCUT2D eigenvalue weighted by Gasteiger charge is 2.29. The molecule has 2 rings (SSSR count). The number of sulfonamides is 1. The molecule has 3 nitrogen and oxygen atoms in total.